The van der Waals surface area contributed by atoms with Gasteiger partial charge in [-0.05, 0) is 31.2 Å². The highest BCUT2D eigenvalue weighted by molar-refractivity contribution is 5.90. The first-order valence-electron chi connectivity index (χ1n) is 8.58. The minimum absolute atomic E-state index is 0.110. The molecule has 126 valence electrons. The summed E-state index contributed by atoms with van der Waals surface area (Å²) in [5.74, 6) is -0.0617. The Bertz CT molecular complexity index is 687. The number of rotatable bonds is 3. The molecule has 5 nitrogen and oxygen atoms in total. The van der Waals surface area contributed by atoms with Crippen molar-refractivity contribution in [1.29, 1.82) is 0 Å². The van der Waals surface area contributed by atoms with Crippen LogP contribution in [-0.4, -0.2) is 34.4 Å². The molecule has 1 amide bonds. The summed E-state index contributed by atoms with van der Waals surface area (Å²) in [6.45, 7) is 0.237. The summed E-state index contributed by atoms with van der Waals surface area (Å²) >= 11 is 0. The molecule has 0 radical (unpaired) electrons. The number of hydrogen-bond donors (Lipinski definition) is 1. The van der Waals surface area contributed by atoms with E-state index in [2.05, 4.69) is 6.08 Å². The smallest absolute Gasteiger partial charge is 0.329 e. The molecule has 1 aromatic carbocycles. The first kappa shape index (κ1) is 15.4. The van der Waals surface area contributed by atoms with Gasteiger partial charge in [0.05, 0.1) is 11.6 Å². The van der Waals surface area contributed by atoms with Gasteiger partial charge in [0.25, 0.3) is 0 Å². The zero-order valence-electron chi connectivity index (χ0n) is 13.6. The fourth-order valence-electron chi connectivity index (χ4n) is 4.17. The zero-order valence-corrected chi connectivity index (χ0v) is 13.6. The molecule has 1 aliphatic carbocycles. The Morgan fingerprint density at radius 2 is 2.12 bits per heavy atom. The Morgan fingerprint density at radius 1 is 1.33 bits per heavy atom. The molecule has 5 heteroatoms. The molecule has 4 atom stereocenters. The van der Waals surface area contributed by atoms with Crippen LogP contribution in [0.1, 0.15) is 31.2 Å². The lowest BCUT2D eigenvalue weighted by molar-refractivity contribution is -0.156. The van der Waals surface area contributed by atoms with Gasteiger partial charge in [-0.25, -0.2) is 4.79 Å². The van der Waals surface area contributed by atoms with Crippen LogP contribution in [0.25, 0.3) is 0 Å². The van der Waals surface area contributed by atoms with E-state index in [0.29, 0.717) is 18.8 Å². The molecular weight excluding hydrogens is 304 g/mol. The summed E-state index contributed by atoms with van der Waals surface area (Å²) in [7, 11) is 0. The lowest BCUT2D eigenvalue weighted by Gasteiger charge is -2.33. The Morgan fingerprint density at radius 3 is 2.92 bits per heavy atom. The third-order valence-electron chi connectivity index (χ3n) is 5.55. The van der Waals surface area contributed by atoms with Crippen molar-refractivity contribution in [2.45, 2.75) is 49.9 Å². The third-order valence-corrected chi connectivity index (χ3v) is 5.55. The molecular formula is C19H22N2O3. The quantitative estimate of drug-likeness (QED) is 0.679. The SMILES string of the molecule is N[C@H]1CC=CC2CC23CC[C@@H](C(=O)OCc2ccccc2)N3C1=O. The summed E-state index contributed by atoms with van der Waals surface area (Å²) in [6.07, 6.45) is 7.16. The zero-order chi connectivity index (χ0) is 16.7. The van der Waals surface area contributed by atoms with Crippen LogP contribution in [0.3, 0.4) is 0 Å². The van der Waals surface area contributed by atoms with E-state index in [9.17, 15) is 9.59 Å². The Kier molecular flexibility index (Phi) is 3.68. The first-order valence-corrected chi connectivity index (χ1v) is 8.58. The van der Waals surface area contributed by atoms with Crippen LogP contribution in [0.5, 0.6) is 0 Å². The lowest BCUT2D eigenvalue weighted by Crippen LogP contribution is -2.53. The molecule has 4 rings (SSSR count). The molecule has 0 bridgehead atoms. The van der Waals surface area contributed by atoms with Gasteiger partial charge >= 0.3 is 5.97 Å². The maximum Gasteiger partial charge on any atom is 0.329 e. The molecule has 1 spiro atoms. The Labute approximate surface area is 141 Å². The minimum Gasteiger partial charge on any atom is -0.459 e. The predicted molar refractivity (Wildman–Crippen MR) is 88.7 cm³/mol. The van der Waals surface area contributed by atoms with Crippen LogP contribution in [0.15, 0.2) is 42.5 Å². The molecule has 3 aliphatic rings. The van der Waals surface area contributed by atoms with Gasteiger partial charge in [0.1, 0.15) is 12.6 Å². The van der Waals surface area contributed by atoms with E-state index in [4.69, 9.17) is 10.5 Å². The van der Waals surface area contributed by atoms with Gasteiger partial charge in [0.2, 0.25) is 5.91 Å². The van der Waals surface area contributed by atoms with Crippen molar-refractivity contribution < 1.29 is 14.3 Å². The van der Waals surface area contributed by atoms with Crippen molar-refractivity contribution in [2.75, 3.05) is 0 Å². The van der Waals surface area contributed by atoms with Crippen LogP contribution in [0.4, 0.5) is 0 Å². The van der Waals surface area contributed by atoms with Gasteiger partial charge in [0.15, 0.2) is 0 Å². The van der Waals surface area contributed by atoms with Crippen LogP contribution >= 0.6 is 0 Å². The molecule has 2 aliphatic heterocycles. The molecule has 1 saturated heterocycles. The monoisotopic (exact) mass is 326 g/mol. The van der Waals surface area contributed by atoms with E-state index in [1.54, 1.807) is 4.90 Å². The van der Waals surface area contributed by atoms with Gasteiger partial charge in [-0.1, -0.05) is 42.5 Å². The number of benzene rings is 1. The van der Waals surface area contributed by atoms with Crippen LogP contribution in [0, 0.1) is 5.92 Å². The second-order valence-corrected chi connectivity index (χ2v) is 7.04. The van der Waals surface area contributed by atoms with Gasteiger partial charge in [0, 0.05) is 5.92 Å². The fourth-order valence-corrected chi connectivity index (χ4v) is 4.17. The lowest BCUT2D eigenvalue weighted by atomic mass is 10.0. The maximum absolute atomic E-state index is 12.8. The van der Waals surface area contributed by atoms with E-state index < -0.39 is 12.1 Å². The molecule has 1 saturated carbocycles. The summed E-state index contributed by atoms with van der Waals surface area (Å²) in [4.78, 5) is 27.1. The highest BCUT2D eigenvalue weighted by Crippen LogP contribution is 2.58. The molecule has 2 N–H and O–H groups in total. The average molecular weight is 326 g/mol. The topological polar surface area (TPSA) is 72.6 Å². The highest BCUT2D eigenvalue weighted by atomic mass is 16.5. The molecule has 1 aromatic rings. The fraction of sp³-hybridized carbons (Fsp3) is 0.474. The van der Waals surface area contributed by atoms with Gasteiger partial charge < -0.3 is 15.4 Å². The van der Waals surface area contributed by atoms with Crippen molar-refractivity contribution in [2.24, 2.45) is 11.7 Å². The van der Waals surface area contributed by atoms with Crippen molar-refractivity contribution in [1.82, 2.24) is 4.90 Å². The molecule has 2 unspecified atom stereocenters. The third kappa shape index (κ3) is 2.44. The number of nitrogens with two attached hydrogens (primary N) is 1. The van der Waals surface area contributed by atoms with Crippen molar-refractivity contribution >= 4 is 11.9 Å². The average Bonchev–Trinajstić information content (AvgIpc) is 3.13. The largest absolute Gasteiger partial charge is 0.459 e. The van der Waals surface area contributed by atoms with Crippen molar-refractivity contribution in [3.05, 3.63) is 48.0 Å². The van der Waals surface area contributed by atoms with Crippen LogP contribution in [0.2, 0.25) is 0 Å². The standard InChI is InChI=1S/C19H22N2O3/c20-15-8-4-7-14-11-19(14)10-9-16(21(19)17(15)22)18(23)24-12-13-5-2-1-3-6-13/h1-7,14-16H,8-12,20H2/t14?,15-,16-,19?/m0/s1. The van der Waals surface area contributed by atoms with Gasteiger partial charge in [-0.3, -0.25) is 4.79 Å². The Balaban J connectivity index is 1.50. The van der Waals surface area contributed by atoms with E-state index >= 15 is 0 Å². The summed E-state index contributed by atoms with van der Waals surface area (Å²) in [6, 6.07) is 8.52. The second-order valence-electron chi connectivity index (χ2n) is 7.04. The number of nitrogens with zero attached hydrogens (tertiary/aromatic N) is 1. The summed E-state index contributed by atoms with van der Waals surface area (Å²) in [5, 5.41) is 0. The molecule has 2 fully saturated rings. The van der Waals surface area contributed by atoms with E-state index in [1.807, 2.05) is 36.4 Å². The van der Waals surface area contributed by atoms with E-state index in [-0.39, 0.29) is 24.0 Å². The molecule has 0 aromatic heterocycles. The molecule has 2 heterocycles. The minimum atomic E-state index is -0.567. The van der Waals surface area contributed by atoms with Crippen molar-refractivity contribution in [3.8, 4) is 0 Å². The Hall–Kier alpha value is -2.14. The number of carbonyl (C=O) groups is 2. The highest BCUT2D eigenvalue weighted by Gasteiger charge is 2.65. The number of amides is 1. The van der Waals surface area contributed by atoms with Gasteiger partial charge in [-0.2, -0.15) is 0 Å². The van der Waals surface area contributed by atoms with Crippen molar-refractivity contribution in [3.63, 3.8) is 0 Å². The number of carbonyl (C=O) groups excluding carboxylic acids is 2. The summed E-state index contributed by atoms with van der Waals surface area (Å²) in [5.41, 5.74) is 6.77. The number of hydrogen-bond acceptors (Lipinski definition) is 4. The number of esters is 1. The maximum atomic E-state index is 12.8. The van der Waals surface area contributed by atoms with Crippen LogP contribution < -0.4 is 5.73 Å². The van der Waals surface area contributed by atoms with Gasteiger partial charge in [-0.15, -0.1) is 0 Å². The molecule has 24 heavy (non-hydrogen) atoms. The van der Waals surface area contributed by atoms with Crippen LogP contribution in [-0.2, 0) is 20.9 Å². The van der Waals surface area contributed by atoms with E-state index in [1.165, 1.54) is 0 Å². The first-order chi connectivity index (χ1) is 11.6. The predicted octanol–water partition coefficient (Wildman–Crippen LogP) is 1.77. The second kappa shape index (κ2) is 5.74. The van der Waals surface area contributed by atoms with E-state index in [0.717, 1.165) is 18.4 Å². The summed E-state index contributed by atoms with van der Waals surface area (Å²) < 4.78 is 5.49. The number of ether oxygens (including phenoxy) is 1. The normalized spacial score (nSPS) is 34.1.